The highest BCUT2D eigenvalue weighted by atomic mass is 79.9. The third-order valence-corrected chi connectivity index (χ3v) is 4.33. The number of amides is 1. The standard InChI is InChI=1S/C20H17BrN2O3/c1-25-16-9-10-19(18(21)11-16)26-13-20(24)23-22-12-15-7-4-6-14-5-2-3-8-17(14)15/h2-12H,13H2,1H3,(H,23,24)/b22-12+. The number of fused-ring (bicyclic) bond motifs is 1. The molecule has 0 saturated heterocycles. The first-order chi connectivity index (χ1) is 12.7. The zero-order chi connectivity index (χ0) is 18.4. The summed E-state index contributed by atoms with van der Waals surface area (Å²) in [5.41, 5.74) is 3.41. The first-order valence-corrected chi connectivity index (χ1v) is 8.72. The zero-order valence-electron chi connectivity index (χ0n) is 14.1. The summed E-state index contributed by atoms with van der Waals surface area (Å²) in [6.07, 6.45) is 1.63. The number of hydrazone groups is 1. The van der Waals surface area contributed by atoms with Gasteiger partial charge in [-0.15, -0.1) is 0 Å². The van der Waals surface area contributed by atoms with E-state index in [4.69, 9.17) is 9.47 Å². The van der Waals surface area contributed by atoms with Crippen LogP contribution in [0.4, 0.5) is 0 Å². The normalized spacial score (nSPS) is 10.8. The molecule has 0 radical (unpaired) electrons. The number of rotatable bonds is 6. The van der Waals surface area contributed by atoms with Gasteiger partial charge in [0.2, 0.25) is 0 Å². The van der Waals surface area contributed by atoms with E-state index in [1.807, 2.05) is 42.5 Å². The minimum Gasteiger partial charge on any atom is -0.497 e. The van der Waals surface area contributed by atoms with Gasteiger partial charge in [-0.1, -0.05) is 42.5 Å². The van der Waals surface area contributed by atoms with Crippen molar-refractivity contribution in [3.05, 3.63) is 70.7 Å². The van der Waals surface area contributed by atoms with Crippen molar-refractivity contribution in [2.24, 2.45) is 5.10 Å². The van der Waals surface area contributed by atoms with Gasteiger partial charge in [0.15, 0.2) is 6.61 Å². The minimum atomic E-state index is -0.343. The lowest BCUT2D eigenvalue weighted by Crippen LogP contribution is -2.24. The van der Waals surface area contributed by atoms with Crippen LogP contribution in [0.1, 0.15) is 5.56 Å². The SMILES string of the molecule is COc1ccc(OCC(=O)N/N=C/c2cccc3ccccc23)c(Br)c1. The van der Waals surface area contributed by atoms with E-state index < -0.39 is 0 Å². The van der Waals surface area contributed by atoms with Crippen molar-refractivity contribution in [1.82, 2.24) is 5.43 Å². The summed E-state index contributed by atoms with van der Waals surface area (Å²) in [7, 11) is 1.59. The van der Waals surface area contributed by atoms with E-state index in [0.717, 1.165) is 16.3 Å². The van der Waals surface area contributed by atoms with Gasteiger partial charge in [0.05, 0.1) is 17.8 Å². The van der Waals surface area contributed by atoms with E-state index in [0.29, 0.717) is 16.0 Å². The molecule has 0 bridgehead atoms. The smallest absolute Gasteiger partial charge is 0.277 e. The van der Waals surface area contributed by atoms with Gasteiger partial charge in [0.25, 0.3) is 5.91 Å². The predicted molar refractivity (Wildman–Crippen MR) is 106 cm³/mol. The Hall–Kier alpha value is -2.86. The maximum atomic E-state index is 11.9. The molecule has 1 N–H and O–H groups in total. The summed E-state index contributed by atoms with van der Waals surface area (Å²) >= 11 is 3.38. The molecule has 0 fully saturated rings. The minimum absolute atomic E-state index is 0.141. The summed E-state index contributed by atoms with van der Waals surface area (Å²) < 4.78 is 11.3. The van der Waals surface area contributed by atoms with Crippen LogP contribution >= 0.6 is 15.9 Å². The van der Waals surface area contributed by atoms with Crippen molar-refractivity contribution in [2.45, 2.75) is 0 Å². The number of nitrogens with one attached hydrogen (secondary N) is 1. The average molecular weight is 413 g/mol. The Morgan fingerprint density at radius 3 is 2.77 bits per heavy atom. The van der Waals surface area contributed by atoms with Gasteiger partial charge < -0.3 is 9.47 Å². The predicted octanol–water partition coefficient (Wildman–Crippen LogP) is 4.14. The molecule has 26 heavy (non-hydrogen) atoms. The largest absolute Gasteiger partial charge is 0.497 e. The maximum Gasteiger partial charge on any atom is 0.277 e. The van der Waals surface area contributed by atoms with Crippen LogP contribution in [0.2, 0.25) is 0 Å². The summed E-state index contributed by atoms with van der Waals surface area (Å²) in [5.74, 6) is 0.913. The molecule has 0 heterocycles. The van der Waals surface area contributed by atoms with E-state index in [-0.39, 0.29) is 12.5 Å². The molecule has 0 saturated carbocycles. The lowest BCUT2D eigenvalue weighted by atomic mass is 10.1. The highest BCUT2D eigenvalue weighted by Gasteiger charge is 2.06. The van der Waals surface area contributed by atoms with Crippen molar-refractivity contribution < 1.29 is 14.3 Å². The summed E-state index contributed by atoms with van der Waals surface area (Å²) in [6, 6.07) is 19.2. The number of hydrogen-bond acceptors (Lipinski definition) is 4. The number of methoxy groups -OCH3 is 1. The Kier molecular flexibility index (Phi) is 5.86. The number of hydrogen-bond donors (Lipinski definition) is 1. The van der Waals surface area contributed by atoms with Gasteiger partial charge in [0, 0.05) is 5.56 Å². The average Bonchev–Trinajstić information content (AvgIpc) is 2.67. The van der Waals surface area contributed by atoms with Crippen molar-refractivity contribution in [2.75, 3.05) is 13.7 Å². The molecule has 132 valence electrons. The summed E-state index contributed by atoms with van der Waals surface area (Å²) in [5, 5.41) is 6.21. The molecule has 0 spiro atoms. The summed E-state index contributed by atoms with van der Waals surface area (Å²) in [4.78, 5) is 11.9. The molecule has 0 aliphatic rings. The molecule has 5 nitrogen and oxygen atoms in total. The first-order valence-electron chi connectivity index (χ1n) is 7.93. The lowest BCUT2D eigenvalue weighted by molar-refractivity contribution is -0.123. The molecule has 3 aromatic carbocycles. The molecule has 0 unspecified atom stereocenters. The van der Waals surface area contributed by atoms with Crippen molar-refractivity contribution in [3.8, 4) is 11.5 Å². The van der Waals surface area contributed by atoms with Gasteiger partial charge in [-0.3, -0.25) is 4.79 Å². The molecule has 0 aliphatic carbocycles. The fourth-order valence-electron chi connectivity index (χ4n) is 2.44. The molecule has 0 aliphatic heterocycles. The van der Waals surface area contributed by atoms with Crippen LogP contribution in [0, 0.1) is 0 Å². The summed E-state index contributed by atoms with van der Waals surface area (Å²) in [6.45, 7) is -0.141. The Balaban J connectivity index is 1.58. The van der Waals surface area contributed by atoms with Crippen molar-refractivity contribution in [1.29, 1.82) is 0 Å². The molecular weight excluding hydrogens is 396 g/mol. The number of carbonyl (C=O) groups is 1. The first kappa shape index (κ1) is 17.9. The van der Waals surface area contributed by atoms with E-state index in [1.54, 1.807) is 31.5 Å². The number of benzene rings is 3. The van der Waals surface area contributed by atoms with Gasteiger partial charge in [0.1, 0.15) is 11.5 Å². The van der Waals surface area contributed by atoms with E-state index in [9.17, 15) is 4.79 Å². The molecule has 1 amide bonds. The second-order valence-corrected chi connectivity index (χ2v) is 6.30. The number of carbonyl (C=O) groups excluding carboxylic acids is 1. The number of nitrogens with zero attached hydrogens (tertiary/aromatic N) is 1. The van der Waals surface area contributed by atoms with Crippen LogP contribution < -0.4 is 14.9 Å². The topological polar surface area (TPSA) is 59.9 Å². The van der Waals surface area contributed by atoms with Crippen LogP contribution in [-0.4, -0.2) is 25.8 Å². The fourth-order valence-corrected chi connectivity index (χ4v) is 2.91. The Morgan fingerprint density at radius 2 is 1.96 bits per heavy atom. The van der Waals surface area contributed by atoms with Gasteiger partial charge in [-0.25, -0.2) is 5.43 Å². The van der Waals surface area contributed by atoms with E-state index in [1.165, 1.54) is 0 Å². The van der Waals surface area contributed by atoms with Crippen LogP contribution in [0.15, 0.2) is 70.2 Å². The lowest BCUT2D eigenvalue weighted by Gasteiger charge is -2.08. The fraction of sp³-hybridized carbons (Fsp3) is 0.100. The van der Waals surface area contributed by atoms with Gasteiger partial charge in [-0.2, -0.15) is 5.10 Å². The van der Waals surface area contributed by atoms with E-state index in [2.05, 4.69) is 26.5 Å². The second-order valence-electron chi connectivity index (χ2n) is 5.45. The molecule has 6 heteroatoms. The second kappa shape index (κ2) is 8.49. The van der Waals surface area contributed by atoms with Crippen LogP contribution in [0.5, 0.6) is 11.5 Å². The Labute approximate surface area is 159 Å². The molecular formula is C20H17BrN2O3. The van der Waals surface area contributed by atoms with Crippen LogP contribution in [0.25, 0.3) is 10.8 Å². The monoisotopic (exact) mass is 412 g/mol. The van der Waals surface area contributed by atoms with Crippen molar-refractivity contribution in [3.63, 3.8) is 0 Å². The van der Waals surface area contributed by atoms with Crippen molar-refractivity contribution >= 4 is 38.8 Å². The maximum absolute atomic E-state index is 11.9. The van der Waals surface area contributed by atoms with Crippen LogP contribution in [-0.2, 0) is 4.79 Å². The highest BCUT2D eigenvalue weighted by Crippen LogP contribution is 2.28. The zero-order valence-corrected chi connectivity index (χ0v) is 15.7. The number of halogens is 1. The third-order valence-electron chi connectivity index (χ3n) is 3.71. The van der Waals surface area contributed by atoms with Gasteiger partial charge >= 0.3 is 0 Å². The molecule has 0 atom stereocenters. The molecule has 0 aromatic heterocycles. The molecule has 3 rings (SSSR count). The van der Waals surface area contributed by atoms with Gasteiger partial charge in [-0.05, 0) is 44.9 Å². The Morgan fingerprint density at radius 1 is 1.15 bits per heavy atom. The number of ether oxygens (including phenoxy) is 2. The molecule has 3 aromatic rings. The van der Waals surface area contributed by atoms with Crippen LogP contribution in [0.3, 0.4) is 0 Å². The quantitative estimate of drug-likeness (QED) is 0.488. The van der Waals surface area contributed by atoms with E-state index >= 15 is 0 Å². The third kappa shape index (κ3) is 4.40. The highest BCUT2D eigenvalue weighted by molar-refractivity contribution is 9.10. The Bertz CT molecular complexity index is 951.